The summed E-state index contributed by atoms with van der Waals surface area (Å²) in [6.45, 7) is 6.65. The molecule has 2 N–H and O–H groups in total. The lowest BCUT2D eigenvalue weighted by Crippen LogP contribution is -2.32. The van der Waals surface area contributed by atoms with Crippen molar-refractivity contribution in [3.63, 3.8) is 0 Å². The molecule has 0 saturated heterocycles. The summed E-state index contributed by atoms with van der Waals surface area (Å²) >= 11 is 0. The second kappa shape index (κ2) is 7.02. The second-order valence-electron chi connectivity index (χ2n) is 4.93. The van der Waals surface area contributed by atoms with E-state index in [-0.39, 0.29) is 0 Å². The first-order chi connectivity index (χ1) is 7.24. The second-order valence-corrected chi connectivity index (χ2v) is 4.93. The van der Waals surface area contributed by atoms with Crippen LogP contribution in [0.25, 0.3) is 0 Å². The van der Waals surface area contributed by atoms with Gasteiger partial charge in [-0.15, -0.1) is 0 Å². The van der Waals surface area contributed by atoms with Crippen molar-refractivity contribution >= 4 is 0 Å². The van der Waals surface area contributed by atoms with E-state index in [1.165, 1.54) is 31.3 Å². The minimum absolute atomic E-state index is 0.370. The molecule has 15 heavy (non-hydrogen) atoms. The fourth-order valence-corrected chi connectivity index (χ4v) is 2.34. The van der Waals surface area contributed by atoms with Crippen LogP contribution in [-0.4, -0.2) is 24.8 Å². The summed E-state index contributed by atoms with van der Waals surface area (Å²) in [5.74, 6) is 1.23. The molecule has 0 heterocycles. The topological polar surface area (TPSA) is 32.3 Å². The molecular weight excluding hydrogens is 186 g/mol. The first kappa shape index (κ1) is 12.7. The lowest BCUT2D eigenvalue weighted by molar-refractivity contribution is 0.134. The number of allylic oxidation sites excluding steroid dienone is 1. The summed E-state index contributed by atoms with van der Waals surface area (Å²) in [5.41, 5.74) is 1.37. The predicted octanol–water partition coefficient (Wildman–Crippen LogP) is 2.34. The first-order valence-corrected chi connectivity index (χ1v) is 6.19. The Morgan fingerprint density at radius 3 is 2.53 bits per heavy atom. The molecular formula is C13H25NO. The molecule has 0 spiro atoms. The zero-order valence-electron chi connectivity index (χ0n) is 10.1. The molecule has 88 valence electrons. The highest BCUT2D eigenvalue weighted by molar-refractivity contribution is 4.94. The Hall–Kier alpha value is -0.340. The van der Waals surface area contributed by atoms with Crippen LogP contribution in [0.15, 0.2) is 11.6 Å². The Bertz CT molecular complexity index is 197. The number of rotatable bonds is 5. The van der Waals surface area contributed by atoms with Crippen LogP contribution in [-0.2, 0) is 0 Å². The van der Waals surface area contributed by atoms with Gasteiger partial charge in [0.1, 0.15) is 0 Å². The van der Waals surface area contributed by atoms with Crippen LogP contribution >= 0.6 is 0 Å². The van der Waals surface area contributed by atoms with Crippen molar-refractivity contribution < 1.29 is 5.11 Å². The third kappa shape index (κ3) is 4.80. The van der Waals surface area contributed by atoms with Crippen molar-refractivity contribution in [1.29, 1.82) is 0 Å². The van der Waals surface area contributed by atoms with E-state index in [1.807, 2.05) is 0 Å². The summed E-state index contributed by atoms with van der Waals surface area (Å²) in [5, 5.41) is 12.7. The van der Waals surface area contributed by atoms with Crippen LogP contribution in [0.5, 0.6) is 0 Å². The van der Waals surface area contributed by atoms with Crippen LogP contribution in [0.4, 0.5) is 0 Å². The normalized spacial score (nSPS) is 26.3. The van der Waals surface area contributed by atoms with Crippen molar-refractivity contribution in [1.82, 2.24) is 5.32 Å². The van der Waals surface area contributed by atoms with Crippen LogP contribution in [0.1, 0.15) is 39.5 Å². The Labute approximate surface area is 93.8 Å². The monoisotopic (exact) mass is 211 g/mol. The minimum Gasteiger partial charge on any atom is -0.396 e. The third-order valence-electron chi connectivity index (χ3n) is 3.36. The van der Waals surface area contributed by atoms with E-state index in [0.717, 1.165) is 13.1 Å². The average molecular weight is 211 g/mol. The SMILES string of the molecule is CC(C)=CCNCC1CCCCC1CO. The van der Waals surface area contributed by atoms with Crippen molar-refractivity contribution in [2.24, 2.45) is 11.8 Å². The molecule has 2 unspecified atom stereocenters. The summed E-state index contributed by atoms with van der Waals surface area (Å²) in [6.07, 6.45) is 7.36. The van der Waals surface area contributed by atoms with Gasteiger partial charge < -0.3 is 10.4 Å². The molecule has 1 aliphatic carbocycles. The molecule has 2 atom stereocenters. The lowest BCUT2D eigenvalue weighted by atomic mass is 9.79. The van der Waals surface area contributed by atoms with Crippen LogP contribution in [0.2, 0.25) is 0 Å². The van der Waals surface area contributed by atoms with E-state index >= 15 is 0 Å². The van der Waals surface area contributed by atoms with Crippen LogP contribution < -0.4 is 5.32 Å². The fraction of sp³-hybridized carbons (Fsp3) is 0.846. The molecule has 0 amide bonds. The first-order valence-electron chi connectivity index (χ1n) is 6.19. The van der Waals surface area contributed by atoms with Gasteiger partial charge in [0.05, 0.1) is 0 Å². The molecule has 0 aromatic carbocycles. The number of aliphatic hydroxyl groups is 1. The standard InChI is InChI=1S/C13H25NO/c1-11(2)7-8-14-9-12-5-3-4-6-13(12)10-15/h7,12-15H,3-6,8-10H2,1-2H3. The smallest absolute Gasteiger partial charge is 0.0462 e. The summed E-state index contributed by atoms with van der Waals surface area (Å²) in [7, 11) is 0. The van der Waals surface area contributed by atoms with Gasteiger partial charge >= 0.3 is 0 Å². The molecule has 1 fully saturated rings. The van der Waals surface area contributed by atoms with Gasteiger partial charge in [-0.2, -0.15) is 0 Å². The molecule has 0 radical (unpaired) electrons. The molecule has 1 rings (SSSR count). The van der Waals surface area contributed by atoms with E-state index in [0.29, 0.717) is 18.4 Å². The zero-order valence-corrected chi connectivity index (χ0v) is 10.1. The maximum atomic E-state index is 9.27. The number of hydrogen-bond acceptors (Lipinski definition) is 2. The molecule has 0 aliphatic heterocycles. The summed E-state index contributed by atoms with van der Waals surface area (Å²) in [6, 6.07) is 0. The van der Waals surface area contributed by atoms with Crippen LogP contribution in [0.3, 0.4) is 0 Å². The maximum Gasteiger partial charge on any atom is 0.0462 e. The summed E-state index contributed by atoms with van der Waals surface area (Å²) in [4.78, 5) is 0. The predicted molar refractivity (Wildman–Crippen MR) is 64.8 cm³/mol. The Morgan fingerprint density at radius 1 is 1.27 bits per heavy atom. The Morgan fingerprint density at radius 2 is 1.93 bits per heavy atom. The summed E-state index contributed by atoms with van der Waals surface area (Å²) < 4.78 is 0. The minimum atomic E-state index is 0.370. The lowest BCUT2D eigenvalue weighted by Gasteiger charge is -2.30. The van der Waals surface area contributed by atoms with Crippen molar-refractivity contribution in [2.45, 2.75) is 39.5 Å². The van der Waals surface area contributed by atoms with E-state index in [2.05, 4.69) is 25.2 Å². The molecule has 0 bridgehead atoms. The Balaban J connectivity index is 2.20. The number of aliphatic hydroxyl groups excluding tert-OH is 1. The quantitative estimate of drug-likeness (QED) is 0.540. The van der Waals surface area contributed by atoms with Crippen molar-refractivity contribution in [2.75, 3.05) is 19.7 Å². The molecule has 1 aliphatic rings. The fourth-order valence-electron chi connectivity index (χ4n) is 2.34. The third-order valence-corrected chi connectivity index (χ3v) is 3.36. The average Bonchev–Trinajstić information content (AvgIpc) is 2.24. The van der Waals surface area contributed by atoms with Gasteiger partial charge in [0.2, 0.25) is 0 Å². The molecule has 1 saturated carbocycles. The zero-order chi connectivity index (χ0) is 11.1. The van der Waals surface area contributed by atoms with Gasteiger partial charge in [-0.25, -0.2) is 0 Å². The van der Waals surface area contributed by atoms with E-state index in [1.54, 1.807) is 0 Å². The van der Waals surface area contributed by atoms with Crippen LogP contribution in [0, 0.1) is 11.8 Å². The number of hydrogen-bond donors (Lipinski definition) is 2. The maximum absolute atomic E-state index is 9.27. The number of nitrogens with one attached hydrogen (secondary N) is 1. The Kier molecular flexibility index (Phi) is 5.96. The highest BCUT2D eigenvalue weighted by Crippen LogP contribution is 2.28. The largest absolute Gasteiger partial charge is 0.396 e. The van der Waals surface area contributed by atoms with Crippen molar-refractivity contribution in [3.8, 4) is 0 Å². The highest BCUT2D eigenvalue weighted by Gasteiger charge is 2.23. The van der Waals surface area contributed by atoms with Gasteiger partial charge in [0.25, 0.3) is 0 Å². The molecule has 0 aromatic heterocycles. The van der Waals surface area contributed by atoms with E-state index < -0.39 is 0 Å². The van der Waals surface area contributed by atoms with Gasteiger partial charge in [-0.1, -0.05) is 24.5 Å². The molecule has 0 aromatic rings. The van der Waals surface area contributed by atoms with Gasteiger partial charge in [-0.3, -0.25) is 0 Å². The highest BCUT2D eigenvalue weighted by atomic mass is 16.3. The van der Waals surface area contributed by atoms with Gasteiger partial charge in [-0.05, 0) is 45.1 Å². The molecule has 2 heteroatoms. The van der Waals surface area contributed by atoms with Gasteiger partial charge in [0.15, 0.2) is 0 Å². The van der Waals surface area contributed by atoms with E-state index in [9.17, 15) is 5.11 Å². The van der Waals surface area contributed by atoms with E-state index in [4.69, 9.17) is 0 Å². The van der Waals surface area contributed by atoms with Crippen molar-refractivity contribution in [3.05, 3.63) is 11.6 Å². The van der Waals surface area contributed by atoms with Gasteiger partial charge in [0, 0.05) is 13.2 Å². The molecule has 2 nitrogen and oxygen atoms in total.